The molecule has 19 heavy (non-hydrogen) atoms. The first-order valence-electron chi connectivity index (χ1n) is 6.20. The summed E-state index contributed by atoms with van der Waals surface area (Å²) in [5, 5.41) is 15.4. The Morgan fingerprint density at radius 3 is 2.74 bits per heavy atom. The van der Waals surface area contributed by atoms with Crippen LogP contribution in [0.1, 0.15) is 29.9 Å². The molecule has 2 rings (SSSR count). The Morgan fingerprint density at radius 2 is 2.16 bits per heavy atom. The van der Waals surface area contributed by atoms with E-state index in [1.165, 1.54) is 6.07 Å². The van der Waals surface area contributed by atoms with Crippen molar-refractivity contribution in [1.82, 2.24) is 10.2 Å². The van der Waals surface area contributed by atoms with Crippen LogP contribution in [0.2, 0.25) is 0 Å². The standard InChI is InChI=1S/C14H16N2O3/c1-3-9-7-10(5-6-13(9)19-4-2)11-8-12(14(17)18)16-15-11/h5-8H,3-4H2,1-2H3,(H,15,16)(H,17,18). The van der Waals surface area contributed by atoms with Crippen LogP contribution < -0.4 is 4.74 Å². The van der Waals surface area contributed by atoms with Gasteiger partial charge in [0.1, 0.15) is 11.4 Å². The van der Waals surface area contributed by atoms with Crippen molar-refractivity contribution in [2.45, 2.75) is 20.3 Å². The van der Waals surface area contributed by atoms with Crippen LogP contribution in [0.25, 0.3) is 11.3 Å². The van der Waals surface area contributed by atoms with Gasteiger partial charge in [-0.15, -0.1) is 0 Å². The highest BCUT2D eigenvalue weighted by atomic mass is 16.5. The van der Waals surface area contributed by atoms with E-state index < -0.39 is 5.97 Å². The van der Waals surface area contributed by atoms with Crippen molar-refractivity contribution >= 4 is 5.97 Å². The number of carbonyl (C=O) groups is 1. The topological polar surface area (TPSA) is 75.2 Å². The molecule has 2 N–H and O–H groups in total. The quantitative estimate of drug-likeness (QED) is 0.866. The van der Waals surface area contributed by atoms with E-state index in [4.69, 9.17) is 9.84 Å². The molecular formula is C14H16N2O3. The van der Waals surface area contributed by atoms with Crippen molar-refractivity contribution in [3.8, 4) is 17.0 Å². The fourth-order valence-corrected chi connectivity index (χ4v) is 1.89. The zero-order chi connectivity index (χ0) is 13.8. The summed E-state index contributed by atoms with van der Waals surface area (Å²) in [5.41, 5.74) is 2.67. The highest BCUT2D eigenvalue weighted by Crippen LogP contribution is 2.26. The zero-order valence-corrected chi connectivity index (χ0v) is 10.9. The van der Waals surface area contributed by atoms with Crippen LogP contribution >= 0.6 is 0 Å². The zero-order valence-electron chi connectivity index (χ0n) is 10.9. The summed E-state index contributed by atoms with van der Waals surface area (Å²) in [5.74, 6) is -0.150. The second-order valence-corrected chi connectivity index (χ2v) is 4.08. The number of aromatic nitrogens is 2. The number of benzene rings is 1. The van der Waals surface area contributed by atoms with E-state index in [0.717, 1.165) is 23.3 Å². The molecule has 0 aliphatic rings. The molecule has 0 spiro atoms. The van der Waals surface area contributed by atoms with E-state index in [1.54, 1.807) is 0 Å². The van der Waals surface area contributed by atoms with E-state index in [0.29, 0.717) is 12.3 Å². The van der Waals surface area contributed by atoms with Gasteiger partial charge < -0.3 is 9.84 Å². The van der Waals surface area contributed by atoms with E-state index in [-0.39, 0.29) is 5.69 Å². The van der Waals surface area contributed by atoms with Crippen molar-refractivity contribution < 1.29 is 14.6 Å². The normalized spacial score (nSPS) is 10.4. The molecule has 1 heterocycles. The maximum absolute atomic E-state index is 10.8. The van der Waals surface area contributed by atoms with E-state index in [1.807, 2.05) is 25.1 Å². The first kappa shape index (κ1) is 13.1. The Balaban J connectivity index is 2.36. The molecule has 0 bridgehead atoms. The highest BCUT2D eigenvalue weighted by Gasteiger charge is 2.11. The number of nitrogens with zero attached hydrogens (tertiary/aromatic N) is 1. The Hall–Kier alpha value is -2.30. The number of hydrogen-bond donors (Lipinski definition) is 2. The van der Waals surface area contributed by atoms with E-state index in [2.05, 4.69) is 17.1 Å². The Labute approximate surface area is 111 Å². The molecule has 0 saturated heterocycles. The molecule has 0 amide bonds. The predicted octanol–water partition coefficient (Wildman–Crippen LogP) is 2.74. The number of rotatable bonds is 5. The third-order valence-corrected chi connectivity index (χ3v) is 2.85. The van der Waals surface area contributed by atoms with Gasteiger partial charge in [-0.2, -0.15) is 5.10 Å². The maximum atomic E-state index is 10.8. The summed E-state index contributed by atoms with van der Waals surface area (Å²) in [6.07, 6.45) is 0.847. The van der Waals surface area contributed by atoms with Crippen molar-refractivity contribution in [1.29, 1.82) is 0 Å². The molecular weight excluding hydrogens is 244 g/mol. The molecule has 0 saturated carbocycles. The highest BCUT2D eigenvalue weighted by molar-refractivity contribution is 5.86. The lowest BCUT2D eigenvalue weighted by Gasteiger charge is -2.09. The van der Waals surface area contributed by atoms with Gasteiger partial charge in [0.15, 0.2) is 0 Å². The summed E-state index contributed by atoms with van der Waals surface area (Å²) in [6.45, 7) is 4.62. The van der Waals surface area contributed by atoms with Crippen molar-refractivity contribution in [2.75, 3.05) is 6.61 Å². The summed E-state index contributed by atoms with van der Waals surface area (Å²) >= 11 is 0. The summed E-state index contributed by atoms with van der Waals surface area (Å²) in [7, 11) is 0. The molecule has 1 aromatic heterocycles. The average Bonchev–Trinajstić information content (AvgIpc) is 2.89. The molecule has 0 aliphatic heterocycles. The van der Waals surface area contributed by atoms with Crippen LogP contribution in [-0.4, -0.2) is 27.9 Å². The minimum absolute atomic E-state index is 0.0851. The number of aryl methyl sites for hydroxylation is 1. The van der Waals surface area contributed by atoms with Gasteiger partial charge in [0.25, 0.3) is 0 Å². The smallest absolute Gasteiger partial charge is 0.353 e. The monoisotopic (exact) mass is 260 g/mol. The minimum Gasteiger partial charge on any atom is -0.494 e. The first-order chi connectivity index (χ1) is 9.15. The summed E-state index contributed by atoms with van der Waals surface area (Å²) in [4.78, 5) is 10.8. The molecule has 5 heteroatoms. The number of aromatic carboxylic acids is 1. The SMILES string of the molecule is CCOc1ccc(-c2cc(C(=O)O)[nH]n2)cc1CC. The number of ether oxygens (including phenoxy) is 1. The van der Waals surface area contributed by atoms with Gasteiger partial charge in [-0.3, -0.25) is 5.10 Å². The van der Waals surface area contributed by atoms with Crippen LogP contribution in [0, 0.1) is 0 Å². The lowest BCUT2D eigenvalue weighted by molar-refractivity contribution is 0.0690. The van der Waals surface area contributed by atoms with Crippen LogP contribution in [-0.2, 0) is 6.42 Å². The molecule has 0 unspecified atom stereocenters. The third-order valence-electron chi connectivity index (χ3n) is 2.85. The van der Waals surface area contributed by atoms with Crippen molar-refractivity contribution in [3.05, 3.63) is 35.5 Å². The first-order valence-corrected chi connectivity index (χ1v) is 6.20. The average molecular weight is 260 g/mol. The van der Waals surface area contributed by atoms with Gasteiger partial charge in [-0.05, 0) is 43.2 Å². The van der Waals surface area contributed by atoms with Gasteiger partial charge in [-0.25, -0.2) is 4.79 Å². The fourth-order valence-electron chi connectivity index (χ4n) is 1.89. The molecule has 1 aromatic carbocycles. The second-order valence-electron chi connectivity index (χ2n) is 4.08. The van der Waals surface area contributed by atoms with Gasteiger partial charge in [0.05, 0.1) is 12.3 Å². The third kappa shape index (κ3) is 2.76. The lowest BCUT2D eigenvalue weighted by Crippen LogP contribution is -1.96. The molecule has 5 nitrogen and oxygen atoms in total. The second kappa shape index (κ2) is 5.56. The molecule has 0 aliphatic carbocycles. The van der Waals surface area contributed by atoms with Crippen LogP contribution in [0.5, 0.6) is 5.75 Å². The molecule has 2 aromatic rings. The lowest BCUT2D eigenvalue weighted by atomic mass is 10.1. The predicted molar refractivity (Wildman–Crippen MR) is 71.5 cm³/mol. The number of carboxylic acids is 1. The van der Waals surface area contributed by atoms with Crippen LogP contribution in [0.4, 0.5) is 0 Å². The van der Waals surface area contributed by atoms with Gasteiger partial charge in [0, 0.05) is 5.56 Å². The van der Waals surface area contributed by atoms with Crippen molar-refractivity contribution in [2.24, 2.45) is 0 Å². The largest absolute Gasteiger partial charge is 0.494 e. The van der Waals surface area contributed by atoms with Gasteiger partial charge in [-0.1, -0.05) is 6.92 Å². The van der Waals surface area contributed by atoms with Gasteiger partial charge >= 0.3 is 5.97 Å². The Kier molecular flexibility index (Phi) is 3.85. The summed E-state index contributed by atoms with van der Waals surface area (Å²) in [6, 6.07) is 7.28. The number of nitrogens with one attached hydrogen (secondary N) is 1. The molecule has 0 atom stereocenters. The number of carboxylic acid groups (broad SMARTS) is 1. The molecule has 0 fully saturated rings. The molecule has 100 valence electrons. The van der Waals surface area contributed by atoms with E-state index in [9.17, 15) is 4.79 Å². The maximum Gasteiger partial charge on any atom is 0.353 e. The Bertz CT molecular complexity index is 590. The van der Waals surface area contributed by atoms with E-state index >= 15 is 0 Å². The molecule has 0 radical (unpaired) electrons. The summed E-state index contributed by atoms with van der Waals surface area (Å²) < 4.78 is 5.54. The number of H-pyrrole nitrogens is 1. The van der Waals surface area contributed by atoms with Crippen LogP contribution in [0.15, 0.2) is 24.3 Å². The number of hydrogen-bond acceptors (Lipinski definition) is 3. The van der Waals surface area contributed by atoms with Gasteiger partial charge in [0.2, 0.25) is 0 Å². The Morgan fingerprint density at radius 1 is 1.37 bits per heavy atom. The fraction of sp³-hybridized carbons (Fsp3) is 0.286. The number of aromatic amines is 1. The minimum atomic E-state index is -1.01. The van der Waals surface area contributed by atoms with Crippen molar-refractivity contribution in [3.63, 3.8) is 0 Å². The van der Waals surface area contributed by atoms with Crippen LogP contribution in [0.3, 0.4) is 0 Å².